The number of carbonyl (C=O) groups is 3. The molecule has 1 aliphatic rings. The molecular formula is C30H33NO8. The van der Waals surface area contributed by atoms with E-state index in [1.54, 1.807) is 13.0 Å². The summed E-state index contributed by atoms with van der Waals surface area (Å²) < 4.78 is 22.2. The summed E-state index contributed by atoms with van der Waals surface area (Å²) in [6.45, 7) is 4.25. The molecule has 1 aliphatic heterocycles. The second kappa shape index (κ2) is 12.8. The van der Waals surface area contributed by atoms with Gasteiger partial charge < -0.3 is 23.7 Å². The number of ether oxygens (including phenoxy) is 3. The summed E-state index contributed by atoms with van der Waals surface area (Å²) in [7, 11) is 1.24. The number of Topliss-reactive ketones (excluding diaryl/α,β-unsaturated/α-hetero) is 1. The third-order valence-electron chi connectivity index (χ3n) is 6.64. The molecule has 0 radical (unpaired) electrons. The Labute approximate surface area is 227 Å². The van der Waals surface area contributed by atoms with Gasteiger partial charge >= 0.3 is 6.09 Å². The molecule has 206 valence electrons. The monoisotopic (exact) mass is 535 g/mol. The molecule has 0 bridgehead atoms. The zero-order valence-electron chi connectivity index (χ0n) is 22.3. The van der Waals surface area contributed by atoms with Crippen LogP contribution in [-0.4, -0.2) is 66.9 Å². The lowest BCUT2D eigenvalue weighted by Crippen LogP contribution is -2.47. The minimum Gasteiger partial charge on any atom is -0.457 e. The third kappa shape index (κ3) is 6.27. The van der Waals surface area contributed by atoms with Gasteiger partial charge in [0.25, 0.3) is 5.91 Å². The van der Waals surface area contributed by atoms with E-state index in [1.807, 2.05) is 61.5 Å². The number of hydrogen-bond donors (Lipinski definition) is 1. The fourth-order valence-electron chi connectivity index (χ4n) is 4.72. The van der Waals surface area contributed by atoms with Gasteiger partial charge in [-0.3, -0.25) is 9.59 Å². The van der Waals surface area contributed by atoms with E-state index in [0.717, 1.165) is 27.2 Å². The van der Waals surface area contributed by atoms with Crippen molar-refractivity contribution in [2.24, 2.45) is 0 Å². The van der Waals surface area contributed by atoms with E-state index >= 15 is 0 Å². The van der Waals surface area contributed by atoms with Crippen LogP contribution in [0.15, 0.2) is 65.1 Å². The van der Waals surface area contributed by atoms with Crippen LogP contribution in [-0.2, 0) is 25.4 Å². The second-order valence-corrected chi connectivity index (χ2v) is 9.40. The van der Waals surface area contributed by atoms with E-state index in [-0.39, 0.29) is 19.0 Å². The first-order chi connectivity index (χ1) is 18.8. The number of aliphatic hydroxyl groups excluding tert-OH is 1. The molecule has 39 heavy (non-hydrogen) atoms. The van der Waals surface area contributed by atoms with Crippen molar-refractivity contribution < 1.29 is 38.1 Å². The molecule has 1 N–H and O–H groups in total. The Morgan fingerprint density at radius 1 is 1.08 bits per heavy atom. The minimum absolute atomic E-state index is 0.0437. The second-order valence-electron chi connectivity index (χ2n) is 9.40. The number of carbonyl (C=O) groups excluding carboxylic acids is 3. The number of hydrogen-bond acceptors (Lipinski definition) is 8. The molecule has 0 spiro atoms. The molecule has 1 saturated heterocycles. The maximum absolute atomic E-state index is 13.5. The predicted molar refractivity (Wildman–Crippen MR) is 142 cm³/mol. The molecule has 0 aliphatic carbocycles. The van der Waals surface area contributed by atoms with Crippen molar-refractivity contribution in [1.29, 1.82) is 0 Å². The molecule has 3 aromatic rings. The zero-order chi connectivity index (χ0) is 27.9. The predicted octanol–water partition coefficient (Wildman–Crippen LogP) is 4.50. The van der Waals surface area contributed by atoms with Gasteiger partial charge in [-0.15, -0.1) is 0 Å². The van der Waals surface area contributed by atoms with E-state index in [9.17, 15) is 14.4 Å². The number of methoxy groups -OCH3 is 1. The zero-order valence-corrected chi connectivity index (χ0v) is 22.3. The van der Waals surface area contributed by atoms with Crippen LogP contribution < -0.4 is 0 Å². The molecule has 3 atom stereocenters. The van der Waals surface area contributed by atoms with Crippen molar-refractivity contribution in [3.63, 3.8) is 0 Å². The number of nitrogens with zero attached hydrogens (tertiary/aromatic N) is 1. The lowest BCUT2D eigenvalue weighted by molar-refractivity contribution is -0.137. The molecular weight excluding hydrogens is 502 g/mol. The van der Waals surface area contributed by atoms with Gasteiger partial charge in [0.2, 0.25) is 11.9 Å². The fourth-order valence-corrected chi connectivity index (χ4v) is 4.72. The SMILES string of the molecule is CO[C@@H](C(=O)c1cc(-c2cccc(C)c2)c(CCCOCCO)o1)C(=O)N1C(=O)O[C@H](c2ccccc2)[C@@H]1C. The van der Waals surface area contributed by atoms with Crippen LogP contribution in [0.25, 0.3) is 11.1 Å². The Kier molecular flexibility index (Phi) is 9.29. The summed E-state index contributed by atoms with van der Waals surface area (Å²) >= 11 is 0. The van der Waals surface area contributed by atoms with Crippen LogP contribution >= 0.6 is 0 Å². The van der Waals surface area contributed by atoms with Crippen LogP contribution in [0.3, 0.4) is 0 Å². The molecule has 4 rings (SSSR count). The van der Waals surface area contributed by atoms with Gasteiger partial charge in [-0.2, -0.15) is 0 Å². The van der Waals surface area contributed by atoms with Crippen LogP contribution in [0, 0.1) is 6.92 Å². The Morgan fingerprint density at radius 2 is 1.85 bits per heavy atom. The highest BCUT2D eigenvalue weighted by atomic mass is 16.6. The van der Waals surface area contributed by atoms with Gasteiger partial charge in [0, 0.05) is 25.7 Å². The Bertz CT molecular complexity index is 1300. The van der Waals surface area contributed by atoms with E-state index in [4.69, 9.17) is 23.7 Å². The van der Waals surface area contributed by atoms with Crippen LogP contribution in [0.1, 0.15) is 46.9 Å². The molecule has 9 heteroatoms. The highest BCUT2D eigenvalue weighted by Gasteiger charge is 2.47. The molecule has 2 amide bonds. The maximum Gasteiger partial charge on any atom is 0.417 e. The van der Waals surface area contributed by atoms with Gasteiger partial charge in [0.1, 0.15) is 11.9 Å². The van der Waals surface area contributed by atoms with Gasteiger partial charge in [-0.25, -0.2) is 9.69 Å². The number of rotatable bonds is 12. The third-order valence-corrected chi connectivity index (χ3v) is 6.64. The lowest BCUT2D eigenvalue weighted by Gasteiger charge is -2.22. The first kappa shape index (κ1) is 28.2. The van der Waals surface area contributed by atoms with Crippen molar-refractivity contribution >= 4 is 17.8 Å². The maximum atomic E-state index is 13.5. The topological polar surface area (TPSA) is 116 Å². The van der Waals surface area contributed by atoms with E-state index in [0.29, 0.717) is 25.2 Å². The Hall–Kier alpha value is -3.79. The lowest BCUT2D eigenvalue weighted by atomic mass is 10.0. The van der Waals surface area contributed by atoms with Gasteiger partial charge in [0.05, 0.1) is 19.3 Å². The molecule has 2 aromatic carbocycles. The number of cyclic esters (lactones) is 1. The van der Waals surface area contributed by atoms with Crippen LogP contribution in [0.2, 0.25) is 0 Å². The van der Waals surface area contributed by atoms with Gasteiger partial charge in [0.15, 0.2) is 5.76 Å². The van der Waals surface area contributed by atoms with Crippen molar-refractivity contribution in [1.82, 2.24) is 4.90 Å². The van der Waals surface area contributed by atoms with Crippen molar-refractivity contribution in [3.05, 3.63) is 83.3 Å². The number of benzene rings is 2. The summed E-state index contributed by atoms with van der Waals surface area (Å²) in [6.07, 6.45) is -2.01. The summed E-state index contributed by atoms with van der Waals surface area (Å²) in [5, 5.41) is 8.92. The number of furan rings is 1. The number of amides is 2. The van der Waals surface area contributed by atoms with Crippen molar-refractivity contribution in [3.8, 4) is 11.1 Å². The van der Waals surface area contributed by atoms with Crippen molar-refractivity contribution in [2.75, 3.05) is 26.9 Å². The van der Waals surface area contributed by atoms with Gasteiger partial charge in [-0.05, 0) is 37.5 Å². The van der Waals surface area contributed by atoms with Crippen LogP contribution in [0.4, 0.5) is 4.79 Å². The Balaban J connectivity index is 1.58. The average Bonchev–Trinajstić information content (AvgIpc) is 3.49. The van der Waals surface area contributed by atoms with Crippen molar-refractivity contribution in [2.45, 2.75) is 44.9 Å². The summed E-state index contributed by atoms with van der Waals surface area (Å²) in [6, 6.07) is 17.9. The number of imide groups is 1. The molecule has 1 fully saturated rings. The molecule has 1 aromatic heterocycles. The standard InChI is InChI=1S/C30H33NO8/c1-19-9-7-12-22(17-19)23-18-25(38-24(23)13-8-15-37-16-14-32)26(33)28(36-3)29(34)31-20(2)27(39-30(31)35)21-10-5-4-6-11-21/h4-7,9-12,17-18,20,27-28,32H,8,13-16H2,1-3H3/t20-,27-,28-/m0/s1. The first-order valence-corrected chi connectivity index (χ1v) is 12.9. The van der Waals surface area contributed by atoms with E-state index in [1.165, 1.54) is 7.11 Å². The van der Waals surface area contributed by atoms with Gasteiger partial charge in [-0.1, -0.05) is 60.2 Å². The number of aliphatic hydroxyl groups is 1. The van der Waals surface area contributed by atoms with E-state index < -0.39 is 36.0 Å². The fraction of sp³-hybridized carbons (Fsp3) is 0.367. The summed E-state index contributed by atoms with van der Waals surface area (Å²) in [5.41, 5.74) is 3.38. The highest BCUT2D eigenvalue weighted by Crippen LogP contribution is 2.34. The summed E-state index contributed by atoms with van der Waals surface area (Å²) in [5.74, 6) is -0.983. The summed E-state index contributed by atoms with van der Waals surface area (Å²) in [4.78, 5) is 40.7. The normalized spacial score (nSPS) is 17.7. The van der Waals surface area contributed by atoms with E-state index in [2.05, 4.69) is 0 Å². The quantitative estimate of drug-likeness (QED) is 0.205. The molecule has 0 unspecified atom stereocenters. The molecule has 2 heterocycles. The first-order valence-electron chi connectivity index (χ1n) is 12.9. The largest absolute Gasteiger partial charge is 0.457 e. The smallest absolute Gasteiger partial charge is 0.417 e. The average molecular weight is 536 g/mol. The Morgan fingerprint density at radius 3 is 2.54 bits per heavy atom. The highest BCUT2D eigenvalue weighted by molar-refractivity contribution is 6.14. The number of ketones is 1. The number of aryl methyl sites for hydroxylation is 2. The van der Waals surface area contributed by atoms with Crippen LogP contribution in [0.5, 0.6) is 0 Å². The molecule has 0 saturated carbocycles. The molecule has 9 nitrogen and oxygen atoms in total. The minimum atomic E-state index is -1.59.